The second-order valence-electron chi connectivity index (χ2n) is 10.1. The van der Waals surface area contributed by atoms with E-state index in [9.17, 15) is 5.11 Å². The first-order chi connectivity index (χ1) is 19.2. The first-order valence-corrected chi connectivity index (χ1v) is 14.4. The molecule has 13 nitrogen and oxygen atoms in total. The molecular weight excluding hydrogens is 535 g/mol. The fraction of sp³-hybridized carbons (Fsp3) is 0.577. The van der Waals surface area contributed by atoms with Gasteiger partial charge in [0.15, 0.2) is 23.5 Å². The second kappa shape index (κ2) is 13.6. The molecule has 4 heterocycles. The molecular formula is C26H37N8O5P. The summed E-state index contributed by atoms with van der Waals surface area (Å²) in [6.07, 6.45) is 3.64. The normalized spacial score (nSPS) is 20.4. The summed E-state index contributed by atoms with van der Waals surface area (Å²) in [5.74, 6) is 0.989. The zero-order valence-corrected chi connectivity index (χ0v) is 24.6. The first kappa shape index (κ1) is 30.0. The molecule has 0 amide bonds. The predicted molar refractivity (Wildman–Crippen MR) is 151 cm³/mol. The Hall–Kier alpha value is -2.98. The molecule has 4 rings (SSSR count). The highest BCUT2D eigenvalue weighted by Crippen LogP contribution is 2.50. The lowest BCUT2D eigenvalue weighted by Gasteiger charge is -2.37. The number of hydrogen-bond acceptors (Lipinski definition) is 11. The average molecular weight is 573 g/mol. The molecule has 1 aliphatic rings. The van der Waals surface area contributed by atoms with Gasteiger partial charge in [-0.05, 0) is 39.8 Å². The molecule has 40 heavy (non-hydrogen) atoms. The number of fused-ring (bicyclic) bond motifs is 1. The van der Waals surface area contributed by atoms with Crippen molar-refractivity contribution >= 4 is 31.7 Å². The van der Waals surface area contributed by atoms with Crippen molar-refractivity contribution in [1.29, 1.82) is 5.26 Å². The SMILES string of the molecule is CC(C)N(C(C)C)P(OCCC#N)OC1CC(n2nc(-c3ccco3)c3c(/N=C\N(C)C)ncnc32)OC1CO. The lowest BCUT2D eigenvalue weighted by Crippen LogP contribution is -2.36. The summed E-state index contributed by atoms with van der Waals surface area (Å²) in [6.45, 7) is 8.31. The highest BCUT2D eigenvalue weighted by atomic mass is 31.2. The minimum absolute atomic E-state index is 0.141. The molecule has 0 spiro atoms. The summed E-state index contributed by atoms with van der Waals surface area (Å²) in [4.78, 5) is 15.2. The quantitative estimate of drug-likeness (QED) is 0.136. The third-order valence-corrected chi connectivity index (χ3v) is 8.31. The van der Waals surface area contributed by atoms with Crippen LogP contribution in [0.3, 0.4) is 0 Å². The molecule has 4 unspecified atom stereocenters. The Balaban J connectivity index is 1.69. The molecule has 0 aromatic carbocycles. The molecule has 1 N–H and O–H groups in total. The fourth-order valence-electron chi connectivity index (χ4n) is 4.55. The average Bonchev–Trinajstić information content (AvgIpc) is 3.65. The van der Waals surface area contributed by atoms with E-state index in [0.717, 1.165) is 0 Å². The van der Waals surface area contributed by atoms with Gasteiger partial charge < -0.3 is 28.2 Å². The van der Waals surface area contributed by atoms with E-state index >= 15 is 0 Å². The van der Waals surface area contributed by atoms with Crippen LogP contribution in [0.15, 0.2) is 34.1 Å². The number of ether oxygens (including phenoxy) is 1. The van der Waals surface area contributed by atoms with E-state index in [-0.39, 0.29) is 31.7 Å². The molecule has 216 valence electrons. The molecule has 1 saturated heterocycles. The van der Waals surface area contributed by atoms with Gasteiger partial charge in [0.25, 0.3) is 8.53 Å². The van der Waals surface area contributed by atoms with E-state index in [1.54, 1.807) is 23.3 Å². The van der Waals surface area contributed by atoms with Crippen molar-refractivity contribution in [3.05, 3.63) is 24.7 Å². The molecule has 0 bridgehead atoms. The molecule has 0 saturated carbocycles. The highest BCUT2D eigenvalue weighted by molar-refractivity contribution is 7.44. The summed E-state index contributed by atoms with van der Waals surface area (Å²) < 4.78 is 28.4. The highest BCUT2D eigenvalue weighted by Gasteiger charge is 2.42. The van der Waals surface area contributed by atoms with Crippen molar-refractivity contribution in [2.24, 2.45) is 4.99 Å². The van der Waals surface area contributed by atoms with Crippen LogP contribution in [0.1, 0.15) is 46.8 Å². The monoisotopic (exact) mass is 572 g/mol. The Labute approximate surface area is 235 Å². The smallest absolute Gasteiger partial charge is 0.259 e. The van der Waals surface area contributed by atoms with Crippen LogP contribution >= 0.6 is 8.53 Å². The number of aromatic nitrogens is 4. The van der Waals surface area contributed by atoms with Gasteiger partial charge in [-0.2, -0.15) is 10.4 Å². The van der Waals surface area contributed by atoms with Gasteiger partial charge in [0, 0.05) is 32.6 Å². The number of nitrogens with zero attached hydrogens (tertiary/aromatic N) is 8. The third kappa shape index (κ3) is 6.66. The molecule has 0 radical (unpaired) electrons. The summed E-state index contributed by atoms with van der Waals surface area (Å²) >= 11 is 0. The van der Waals surface area contributed by atoms with Crippen LogP contribution in [-0.2, 0) is 13.8 Å². The number of furan rings is 1. The maximum atomic E-state index is 10.2. The summed E-state index contributed by atoms with van der Waals surface area (Å²) in [5, 5.41) is 24.7. The van der Waals surface area contributed by atoms with Gasteiger partial charge in [-0.3, -0.25) is 0 Å². The lowest BCUT2D eigenvalue weighted by molar-refractivity contribution is -0.0450. The molecule has 3 aromatic rings. The van der Waals surface area contributed by atoms with E-state index in [2.05, 4.69) is 53.4 Å². The Morgan fingerprint density at radius 2 is 2.08 bits per heavy atom. The Morgan fingerprint density at radius 1 is 1.30 bits per heavy atom. The van der Waals surface area contributed by atoms with Crippen LogP contribution in [0.25, 0.3) is 22.5 Å². The predicted octanol–water partition coefficient (Wildman–Crippen LogP) is 4.25. The largest absolute Gasteiger partial charge is 0.463 e. The van der Waals surface area contributed by atoms with E-state index in [4.69, 9.17) is 28.6 Å². The van der Waals surface area contributed by atoms with E-state index < -0.39 is 27.0 Å². The zero-order chi connectivity index (χ0) is 28.8. The third-order valence-electron chi connectivity index (χ3n) is 6.16. The number of rotatable bonds is 13. The van der Waals surface area contributed by atoms with Crippen molar-refractivity contribution in [3.8, 4) is 17.5 Å². The number of nitriles is 1. The molecule has 3 aromatic heterocycles. The molecule has 1 fully saturated rings. The Morgan fingerprint density at radius 3 is 2.70 bits per heavy atom. The lowest BCUT2D eigenvalue weighted by atomic mass is 10.2. The molecule has 14 heteroatoms. The summed E-state index contributed by atoms with van der Waals surface area (Å²) in [7, 11) is 2.22. The number of aliphatic hydroxyl groups is 1. The zero-order valence-electron chi connectivity index (χ0n) is 23.7. The van der Waals surface area contributed by atoms with Crippen molar-refractivity contribution in [2.45, 2.75) is 71.1 Å². The van der Waals surface area contributed by atoms with E-state index in [1.165, 1.54) is 6.33 Å². The number of hydrogen-bond donors (Lipinski definition) is 1. The van der Waals surface area contributed by atoms with Crippen LogP contribution in [0.2, 0.25) is 0 Å². The first-order valence-electron chi connectivity index (χ1n) is 13.2. The maximum Gasteiger partial charge on any atom is 0.259 e. The van der Waals surface area contributed by atoms with Gasteiger partial charge in [-0.15, -0.1) is 0 Å². The standard InChI is InChI=1S/C26H37N8O5P/c1-17(2)34(18(3)4)40(37-12-8-10-27)39-20-13-22(38-21(20)14-35)33-26-23(24(31-33)19-9-7-11-36-19)25(28-15-29-26)30-16-32(5)6/h7,9,11,15-18,20-22,35H,8,12-14H2,1-6H3/b30-16-. The molecule has 0 aliphatic carbocycles. The van der Waals surface area contributed by atoms with Crippen molar-refractivity contribution in [3.63, 3.8) is 0 Å². The van der Waals surface area contributed by atoms with Gasteiger partial charge in [-0.1, -0.05) is 0 Å². The minimum atomic E-state index is -1.52. The van der Waals surface area contributed by atoms with Gasteiger partial charge in [0.1, 0.15) is 18.1 Å². The number of aliphatic hydroxyl groups excluding tert-OH is 1. The topological polar surface area (TPSA) is 147 Å². The van der Waals surface area contributed by atoms with E-state index in [0.29, 0.717) is 34.7 Å². The van der Waals surface area contributed by atoms with Gasteiger partial charge in [0.2, 0.25) is 0 Å². The van der Waals surface area contributed by atoms with E-state index in [1.807, 2.05) is 25.1 Å². The minimum Gasteiger partial charge on any atom is -0.463 e. The molecule has 4 atom stereocenters. The fourth-order valence-corrected chi connectivity index (χ4v) is 6.31. The van der Waals surface area contributed by atoms with Crippen LogP contribution in [0.4, 0.5) is 5.82 Å². The summed E-state index contributed by atoms with van der Waals surface area (Å²) in [5.41, 5.74) is 1.06. The van der Waals surface area contributed by atoms with Crippen molar-refractivity contribution in [1.82, 2.24) is 29.3 Å². The summed E-state index contributed by atoms with van der Waals surface area (Å²) in [6, 6.07) is 6.00. The van der Waals surface area contributed by atoms with Crippen molar-refractivity contribution in [2.75, 3.05) is 27.3 Å². The van der Waals surface area contributed by atoms with Gasteiger partial charge >= 0.3 is 0 Å². The number of aliphatic imine (C=N–C) groups is 1. The molecule has 1 aliphatic heterocycles. The van der Waals surface area contributed by atoms with Gasteiger partial charge in [0.05, 0.1) is 49.8 Å². The van der Waals surface area contributed by atoms with Crippen molar-refractivity contribution < 1.29 is 23.3 Å². The second-order valence-corrected chi connectivity index (χ2v) is 11.5. The Kier molecular flexibility index (Phi) is 10.2. The maximum absolute atomic E-state index is 10.2. The van der Waals surface area contributed by atoms with Crippen LogP contribution < -0.4 is 0 Å². The van der Waals surface area contributed by atoms with Crippen LogP contribution in [0, 0.1) is 11.3 Å². The Bertz CT molecular complexity index is 1300. The van der Waals surface area contributed by atoms with Crippen LogP contribution in [-0.4, -0.2) is 92.4 Å². The van der Waals surface area contributed by atoms with Gasteiger partial charge in [-0.25, -0.2) is 24.3 Å². The van der Waals surface area contributed by atoms with Crippen LogP contribution in [0.5, 0.6) is 0 Å².